The summed E-state index contributed by atoms with van der Waals surface area (Å²) in [6.45, 7) is 2.25. The predicted molar refractivity (Wildman–Crippen MR) is 106 cm³/mol. The van der Waals surface area contributed by atoms with Crippen molar-refractivity contribution in [2.24, 2.45) is 0 Å². The van der Waals surface area contributed by atoms with Crippen LogP contribution in [0.2, 0.25) is 0 Å². The molecule has 0 aliphatic carbocycles. The van der Waals surface area contributed by atoms with Crippen molar-refractivity contribution in [2.45, 2.75) is 20.0 Å². The van der Waals surface area contributed by atoms with Crippen molar-refractivity contribution < 1.29 is 23.6 Å². The van der Waals surface area contributed by atoms with Gasteiger partial charge in [0.15, 0.2) is 5.76 Å². The zero-order valence-electron chi connectivity index (χ0n) is 16.0. The van der Waals surface area contributed by atoms with Crippen LogP contribution < -0.4 is 14.8 Å². The van der Waals surface area contributed by atoms with Crippen LogP contribution in [0.25, 0.3) is 0 Å². The molecule has 150 valence electrons. The number of carbonyl (C=O) groups excluding carboxylic acids is 1. The Morgan fingerprint density at radius 3 is 2.52 bits per heavy atom. The van der Waals surface area contributed by atoms with Crippen LogP contribution in [0, 0.1) is 10.1 Å². The van der Waals surface area contributed by atoms with Crippen molar-refractivity contribution in [1.82, 2.24) is 0 Å². The molecule has 0 bridgehead atoms. The number of non-ortho nitro benzene ring substituents is 1. The number of furan rings is 1. The Morgan fingerprint density at radius 1 is 1.10 bits per heavy atom. The van der Waals surface area contributed by atoms with Gasteiger partial charge in [0.05, 0.1) is 23.8 Å². The molecule has 0 atom stereocenters. The van der Waals surface area contributed by atoms with E-state index in [1.54, 1.807) is 6.07 Å². The standard InChI is InChI=1S/C21H20N2O6/c1-3-14-4-6-17(7-5-14)28-13-18-8-9-20(29-18)21(24)22-15-10-16(23(25)26)12-19(11-15)27-2/h4-12H,3,13H2,1-2H3,(H,22,24). The van der Waals surface area contributed by atoms with Crippen molar-refractivity contribution in [3.8, 4) is 11.5 Å². The number of amides is 1. The van der Waals surface area contributed by atoms with Crippen molar-refractivity contribution in [1.29, 1.82) is 0 Å². The van der Waals surface area contributed by atoms with Crippen LogP contribution in [0.4, 0.5) is 11.4 Å². The van der Waals surface area contributed by atoms with Crippen LogP contribution in [0.15, 0.2) is 59.0 Å². The molecule has 0 saturated heterocycles. The maximum Gasteiger partial charge on any atom is 0.291 e. The average Bonchev–Trinajstić information content (AvgIpc) is 3.21. The van der Waals surface area contributed by atoms with E-state index in [4.69, 9.17) is 13.9 Å². The first-order valence-electron chi connectivity index (χ1n) is 8.93. The molecule has 1 aromatic heterocycles. The van der Waals surface area contributed by atoms with E-state index in [1.165, 1.54) is 36.9 Å². The fraction of sp³-hybridized carbons (Fsp3) is 0.190. The summed E-state index contributed by atoms with van der Waals surface area (Å²) in [5, 5.41) is 13.6. The predicted octanol–water partition coefficient (Wildman–Crippen LogP) is 4.59. The Balaban J connectivity index is 1.64. The number of aryl methyl sites for hydroxylation is 1. The Hall–Kier alpha value is -3.81. The van der Waals surface area contributed by atoms with Crippen LogP contribution >= 0.6 is 0 Å². The van der Waals surface area contributed by atoms with Crippen molar-refractivity contribution in [2.75, 3.05) is 12.4 Å². The third kappa shape index (κ3) is 5.13. The summed E-state index contributed by atoms with van der Waals surface area (Å²) in [6.07, 6.45) is 0.952. The summed E-state index contributed by atoms with van der Waals surface area (Å²) >= 11 is 0. The number of nitro benzene ring substituents is 1. The topological polar surface area (TPSA) is 104 Å². The first-order chi connectivity index (χ1) is 14.0. The van der Waals surface area contributed by atoms with Crippen molar-refractivity contribution >= 4 is 17.3 Å². The minimum atomic E-state index is -0.562. The number of hydrogen-bond acceptors (Lipinski definition) is 6. The lowest BCUT2D eigenvalue weighted by Crippen LogP contribution is -2.11. The van der Waals surface area contributed by atoms with Crippen molar-refractivity contribution in [3.63, 3.8) is 0 Å². The molecule has 8 heteroatoms. The first kappa shape index (κ1) is 19.9. The summed E-state index contributed by atoms with van der Waals surface area (Å²) in [5.74, 6) is 0.971. The maximum atomic E-state index is 12.4. The summed E-state index contributed by atoms with van der Waals surface area (Å²) < 4.78 is 16.2. The molecule has 29 heavy (non-hydrogen) atoms. The molecule has 0 saturated carbocycles. The number of nitrogens with zero attached hydrogens (tertiary/aromatic N) is 1. The quantitative estimate of drug-likeness (QED) is 0.441. The van der Waals surface area contributed by atoms with Crippen LogP contribution in [-0.4, -0.2) is 17.9 Å². The van der Waals surface area contributed by atoms with E-state index >= 15 is 0 Å². The Morgan fingerprint density at radius 2 is 1.86 bits per heavy atom. The van der Waals surface area contributed by atoms with Gasteiger partial charge in [-0.3, -0.25) is 14.9 Å². The second kappa shape index (κ2) is 8.92. The van der Waals surface area contributed by atoms with E-state index in [0.29, 0.717) is 11.5 Å². The molecule has 0 unspecified atom stereocenters. The van der Waals surface area contributed by atoms with E-state index in [-0.39, 0.29) is 29.5 Å². The van der Waals surface area contributed by atoms with Gasteiger partial charge >= 0.3 is 0 Å². The Kier molecular flexibility index (Phi) is 6.13. The number of benzene rings is 2. The average molecular weight is 396 g/mol. The zero-order chi connectivity index (χ0) is 20.8. The van der Waals surface area contributed by atoms with Crippen LogP contribution in [0.5, 0.6) is 11.5 Å². The van der Waals surface area contributed by atoms with Gasteiger partial charge in [-0.25, -0.2) is 0 Å². The Bertz CT molecular complexity index is 1010. The largest absolute Gasteiger partial charge is 0.496 e. The number of anilines is 1. The van der Waals surface area contributed by atoms with E-state index in [2.05, 4.69) is 12.2 Å². The van der Waals surface area contributed by atoms with Gasteiger partial charge < -0.3 is 19.2 Å². The molecule has 0 aliphatic heterocycles. The van der Waals surface area contributed by atoms with Gasteiger partial charge in [0.2, 0.25) is 0 Å². The molecule has 2 aromatic carbocycles. The number of ether oxygens (including phenoxy) is 2. The summed E-state index contributed by atoms with van der Waals surface area (Å²) in [4.78, 5) is 22.8. The lowest BCUT2D eigenvalue weighted by molar-refractivity contribution is -0.384. The first-order valence-corrected chi connectivity index (χ1v) is 8.93. The highest BCUT2D eigenvalue weighted by Gasteiger charge is 2.15. The third-order valence-electron chi connectivity index (χ3n) is 4.19. The molecule has 0 spiro atoms. The lowest BCUT2D eigenvalue weighted by atomic mass is 10.2. The molecule has 1 heterocycles. The monoisotopic (exact) mass is 396 g/mol. The van der Waals surface area contributed by atoms with Crippen LogP contribution in [0.1, 0.15) is 28.8 Å². The molecular formula is C21H20N2O6. The van der Waals surface area contributed by atoms with Gasteiger partial charge in [0.1, 0.15) is 23.9 Å². The van der Waals surface area contributed by atoms with E-state index in [0.717, 1.165) is 6.42 Å². The minimum Gasteiger partial charge on any atom is -0.496 e. The van der Waals surface area contributed by atoms with Gasteiger partial charge in [0, 0.05) is 12.1 Å². The van der Waals surface area contributed by atoms with Gasteiger partial charge in [-0.1, -0.05) is 19.1 Å². The third-order valence-corrected chi connectivity index (χ3v) is 4.19. The number of rotatable bonds is 8. The minimum absolute atomic E-state index is 0.0652. The fourth-order valence-corrected chi connectivity index (χ4v) is 2.62. The molecule has 3 rings (SSSR count). The number of nitro groups is 1. The second-order valence-corrected chi connectivity index (χ2v) is 6.18. The highest BCUT2D eigenvalue weighted by molar-refractivity contribution is 6.02. The fourth-order valence-electron chi connectivity index (χ4n) is 2.62. The van der Waals surface area contributed by atoms with Gasteiger partial charge in [-0.2, -0.15) is 0 Å². The molecule has 0 fully saturated rings. The van der Waals surface area contributed by atoms with E-state index in [9.17, 15) is 14.9 Å². The molecule has 1 N–H and O–H groups in total. The van der Waals surface area contributed by atoms with Gasteiger partial charge in [-0.05, 0) is 36.2 Å². The van der Waals surface area contributed by atoms with Gasteiger partial charge in [0.25, 0.3) is 11.6 Å². The zero-order valence-corrected chi connectivity index (χ0v) is 16.0. The summed E-state index contributed by atoms with van der Waals surface area (Å²) in [7, 11) is 1.39. The Labute approximate surface area is 167 Å². The molecule has 1 amide bonds. The number of hydrogen-bond donors (Lipinski definition) is 1. The lowest BCUT2D eigenvalue weighted by Gasteiger charge is -2.06. The highest BCUT2D eigenvalue weighted by atomic mass is 16.6. The van der Waals surface area contributed by atoms with E-state index in [1.807, 2.05) is 24.3 Å². The maximum absolute atomic E-state index is 12.4. The van der Waals surface area contributed by atoms with E-state index < -0.39 is 10.8 Å². The molecular weight excluding hydrogens is 376 g/mol. The molecule has 8 nitrogen and oxygen atoms in total. The second-order valence-electron chi connectivity index (χ2n) is 6.18. The highest BCUT2D eigenvalue weighted by Crippen LogP contribution is 2.26. The van der Waals surface area contributed by atoms with Gasteiger partial charge in [-0.15, -0.1) is 0 Å². The molecule has 3 aromatic rings. The SMILES string of the molecule is CCc1ccc(OCc2ccc(C(=O)Nc3cc(OC)cc([N+](=O)[O-])c3)o2)cc1. The number of nitrogens with one attached hydrogen (secondary N) is 1. The smallest absolute Gasteiger partial charge is 0.291 e. The van der Waals surface area contributed by atoms with Crippen LogP contribution in [-0.2, 0) is 13.0 Å². The van der Waals surface area contributed by atoms with Crippen LogP contribution in [0.3, 0.4) is 0 Å². The molecule has 0 radical (unpaired) electrons. The number of carbonyl (C=O) groups is 1. The molecule has 0 aliphatic rings. The normalized spacial score (nSPS) is 10.4. The van der Waals surface area contributed by atoms with Crippen molar-refractivity contribution in [3.05, 3.63) is 81.8 Å². The summed E-state index contributed by atoms with van der Waals surface area (Å²) in [5.41, 5.74) is 1.25. The summed E-state index contributed by atoms with van der Waals surface area (Å²) in [6, 6.07) is 14.9. The number of methoxy groups -OCH3 is 1.